The number of nitrogens with zero attached hydrogens (tertiary/aromatic N) is 2. The van der Waals surface area contributed by atoms with E-state index < -0.39 is 0 Å². The van der Waals surface area contributed by atoms with Crippen LogP contribution in [0, 0.1) is 19.3 Å². The lowest BCUT2D eigenvalue weighted by molar-refractivity contribution is -0.107. The van der Waals surface area contributed by atoms with Gasteiger partial charge in [-0.2, -0.15) is 5.10 Å². The first-order valence-electron chi connectivity index (χ1n) is 9.12. The molecule has 4 nitrogen and oxygen atoms in total. The minimum Gasteiger partial charge on any atom is -0.489 e. The Kier molecular flexibility index (Phi) is 5.61. The maximum atomic E-state index is 10.7. The van der Waals surface area contributed by atoms with Crippen LogP contribution in [0.1, 0.15) is 48.9 Å². The van der Waals surface area contributed by atoms with Gasteiger partial charge in [-0.15, -0.1) is 6.42 Å². The molecule has 0 aliphatic carbocycles. The molecule has 3 rings (SSSR count). The minimum atomic E-state index is -0.181. The number of fused-ring (bicyclic) bond motifs is 1. The van der Waals surface area contributed by atoms with Gasteiger partial charge >= 0.3 is 0 Å². The van der Waals surface area contributed by atoms with Crippen LogP contribution >= 0.6 is 0 Å². The molecule has 0 aliphatic heterocycles. The molecule has 27 heavy (non-hydrogen) atoms. The molecule has 2 aromatic carbocycles. The van der Waals surface area contributed by atoms with Gasteiger partial charge in [-0.1, -0.05) is 24.1 Å². The average molecular weight is 360 g/mol. The third-order valence-corrected chi connectivity index (χ3v) is 4.65. The maximum Gasteiger partial charge on any atom is 0.121 e. The summed E-state index contributed by atoms with van der Waals surface area (Å²) in [5, 5.41) is 5.63. The van der Waals surface area contributed by atoms with Crippen molar-refractivity contribution < 1.29 is 9.53 Å². The van der Waals surface area contributed by atoms with Gasteiger partial charge in [-0.25, -0.2) is 0 Å². The number of carbonyl (C=O) groups excluding carboxylic acids is 1. The van der Waals surface area contributed by atoms with Crippen LogP contribution in [0.4, 0.5) is 0 Å². The molecule has 0 saturated heterocycles. The lowest BCUT2D eigenvalue weighted by Gasteiger charge is -2.12. The Bertz CT molecular complexity index is 978. The van der Waals surface area contributed by atoms with Crippen LogP contribution in [0.25, 0.3) is 10.9 Å². The molecule has 0 radical (unpaired) electrons. The number of ether oxygens (including phenoxy) is 1. The fraction of sp³-hybridized carbons (Fsp3) is 0.304. The second kappa shape index (κ2) is 8.09. The third kappa shape index (κ3) is 4.03. The van der Waals surface area contributed by atoms with E-state index in [1.54, 1.807) is 0 Å². The summed E-state index contributed by atoms with van der Waals surface area (Å²) in [4.78, 5) is 10.7. The molecular weight excluding hydrogens is 336 g/mol. The number of aldehydes is 1. The van der Waals surface area contributed by atoms with Gasteiger partial charge in [0.05, 0.1) is 17.6 Å². The van der Waals surface area contributed by atoms with E-state index in [-0.39, 0.29) is 5.92 Å². The fourth-order valence-electron chi connectivity index (χ4n) is 3.31. The summed E-state index contributed by atoms with van der Waals surface area (Å²) in [7, 11) is 0. The van der Waals surface area contributed by atoms with Gasteiger partial charge in [0.1, 0.15) is 18.6 Å². The zero-order valence-corrected chi connectivity index (χ0v) is 16.0. The summed E-state index contributed by atoms with van der Waals surface area (Å²) in [5.74, 6) is 3.24. The van der Waals surface area contributed by atoms with E-state index in [9.17, 15) is 4.79 Å². The number of benzene rings is 2. The Hall–Kier alpha value is -3.06. The summed E-state index contributed by atoms with van der Waals surface area (Å²) in [6.07, 6.45) is 8.60. The van der Waals surface area contributed by atoms with Gasteiger partial charge in [-0.3, -0.25) is 4.68 Å². The average Bonchev–Trinajstić information content (AvgIpc) is 3.10. The van der Waals surface area contributed by atoms with E-state index in [1.807, 2.05) is 30.5 Å². The van der Waals surface area contributed by atoms with Crippen molar-refractivity contribution in [2.24, 2.45) is 0 Å². The first kappa shape index (κ1) is 18.7. The first-order chi connectivity index (χ1) is 13.0. The molecule has 0 bridgehead atoms. The van der Waals surface area contributed by atoms with E-state index in [0.717, 1.165) is 28.5 Å². The Labute approximate surface area is 160 Å². The number of rotatable bonds is 7. The van der Waals surface area contributed by atoms with Gasteiger partial charge in [0.15, 0.2) is 0 Å². The van der Waals surface area contributed by atoms with E-state index >= 15 is 0 Å². The number of aryl methyl sites for hydroxylation is 1. The molecule has 1 heterocycles. The Morgan fingerprint density at radius 1 is 1.26 bits per heavy atom. The van der Waals surface area contributed by atoms with Crippen LogP contribution in [0.5, 0.6) is 5.75 Å². The summed E-state index contributed by atoms with van der Waals surface area (Å²) in [6, 6.07) is 12.2. The fourth-order valence-corrected chi connectivity index (χ4v) is 3.31. The molecule has 1 aromatic heterocycles. The summed E-state index contributed by atoms with van der Waals surface area (Å²) < 4.78 is 7.98. The number of carbonyl (C=O) groups is 1. The lowest BCUT2D eigenvalue weighted by Crippen LogP contribution is -2.03. The highest BCUT2D eigenvalue weighted by molar-refractivity contribution is 5.82. The predicted octanol–water partition coefficient (Wildman–Crippen LogP) is 4.81. The second-order valence-corrected chi connectivity index (χ2v) is 7.01. The molecule has 4 heteroatoms. The highest BCUT2D eigenvalue weighted by atomic mass is 16.5. The Morgan fingerprint density at radius 2 is 2.00 bits per heavy atom. The van der Waals surface area contributed by atoms with Crippen molar-refractivity contribution in [1.82, 2.24) is 9.78 Å². The normalized spacial score (nSPS) is 12.1. The number of hydrogen-bond acceptors (Lipinski definition) is 3. The molecular formula is C23H24N2O2. The molecule has 138 valence electrons. The number of hydrogen-bond donors (Lipinski definition) is 0. The standard InChI is InChI=1S/C23H24N2O2/c1-5-19(10-11-26)20-6-8-22(9-7-20)27-15-18-12-17(4)23-21(13-18)14-24-25(23)16(2)3/h1,6-9,11-14,16,19H,10,15H2,2-4H3/t19-/m0/s1. The van der Waals surface area contributed by atoms with E-state index in [0.29, 0.717) is 19.1 Å². The van der Waals surface area contributed by atoms with Crippen molar-refractivity contribution >= 4 is 17.2 Å². The SMILES string of the molecule is C#C[C@@H](CC=O)c1ccc(OCc2cc(C)c3c(cnn3C(C)C)c2)cc1. The monoisotopic (exact) mass is 360 g/mol. The van der Waals surface area contributed by atoms with Crippen LogP contribution in [0.2, 0.25) is 0 Å². The predicted molar refractivity (Wildman–Crippen MR) is 108 cm³/mol. The quantitative estimate of drug-likeness (QED) is 0.449. The summed E-state index contributed by atoms with van der Waals surface area (Å²) in [6.45, 7) is 6.85. The molecule has 0 N–H and O–H groups in total. The van der Waals surface area contributed by atoms with Crippen molar-refractivity contribution in [2.75, 3.05) is 0 Å². The van der Waals surface area contributed by atoms with Crippen LogP contribution in [0.15, 0.2) is 42.6 Å². The molecule has 1 atom stereocenters. The Balaban J connectivity index is 1.73. The molecule has 3 aromatic rings. The van der Waals surface area contributed by atoms with Gasteiger partial charge in [0.2, 0.25) is 0 Å². The van der Waals surface area contributed by atoms with Gasteiger partial charge in [0, 0.05) is 17.8 Å². The maximum absolute atomic E-state index is 10.7. The highest BCUT2D eigenvalue weighted by Crippen LogP contribution is 2.25. The van der Waals surface area contributed by atoms with E-state index in [2.05, 4.69) is 48.6 Å². The topological polar surface area (TPSA) is 44.1 Å². The van der Waals surface area contributed by atoms with Crippen LogP contribution < -0.4 is 4.74 Å². The largest absolute Gasteiger partial charge is 0.489 e. The van der Waals surface area contributed by atoms with E-state index in [1.165, 1.54) is 11.1 Å². The molecule has 0 amide bonds. The van der Waals surface area contributed by atoms with Crippen LogP contribution in [0.3, 0.4) is 0 Å². The van der Waals surface area contributed by atoms with Crippen LogP contribution in [-0.4, -0.2) is 16.1 Å². The van der Waals surface area contributed by atoms with E-state index in [4.69, 9.17) is 11.2 Å². The molecule has 0 unspecified atom stereocenters. The van der Waals surface area contributed by atoms with Crippen molar-refractivity contribution in [3.63, 3.8) is 0 Å². The highest BCUT2D eigenvalue weighted by Gasteiger charge is 2.11. The smallest absolute Gasteiger partial charge is 0.121 e. The third-order valence-electron chi connectivity index (χ3n) is 4.65. The second-order valence-electron chi connectivity index (χ2n) is 7.01. The number of terminal acetylenes is 1. The summed E-state index contributed by atoms with van der Waals surface area (Å²) >= 11 is 0. The van der Waals surface area contributed by atoms with Crippen molar-refractivity contribution in [3.8, 4) is 18.1 Å². The molecule has 0 spiro atoms. The van der Waals surface area contributed by atoms with Gasteiger partial charge in [0.25, 0.3) is 0 Å². The first-order valence-corrected chi connectivity index (χ1v) is 9.12. The summed E-state index contributed by atoms with van der Waals surface area (Å²) in [5.41, 5.74) is 4.43. The van der Waals surface area contributed by atoms with Gasteiger partial charge in [-0.05, 0) is 55.7 Å². The zero-order chi connectivity index (χ0) is 19.4. The van der Waals surface area contributed by atoms with Crippen molar-refractivity contribution in [2.45, 2.75) is 45.8 Å². The number of aromatic nitrogens is 2. The van der Waals surface area contributed by atoms with Gasteiger partial charge < -0.3 is 9.53 Å². The molecule has 0 saturated carbocycles. The van der Waals surface area contributed by atoms with Crippen molar-refractivity contribution in [1.29, 1.82) is 0 Å². The molecule has 0 fully saturated rings. The Morgan fingerprint density at radius 3 is 2.63 bits per heavy atom. The molecule has 0 aliphatic rings. The lowest BCUT2D eigenvalue weighted by atomic mass is 9.97. The van der Waals surface area contributed by atoms with Crippen molar-refractivity contribution in [3.05, 3.63) is 59.3 Å². The zero-order valence-electron chi connectivity index (χ0n) is 16.0. The minimum absolute atomic E-state index is 0.181. The van der Waals surface area contributed by atoms with Crippen LogP contribution in [-0.2, 0) is 11.4 Å².